The zero-order chi connectivity index (χ0) is 19.9. The Labute approximate surface area is 163 Å². The van der Waals surface area contributed by atoms with Crippen LogP contribution in [0.2, 0.25) is 0 Å². The molecule has 2 N–H and O–H groups in total. The second kappa shape index (κ2) is 9.25. The molecule has 1 aromatic carbocycles. The van der Waals surface area contributed by atoms with Gasteiger partial charge in [-0.15, -0.1) is 0 Å². The summed E-state index contributed by atoms with van der Waals surface area (Å²) in [6.45, 7) is 1.31. The topological polar surface area (TPSA) is 99.2 Å². The number of likely N-dealkylation sites (tertiary alicyclic amines) is 1. The highest BCUT2D eigenvalue weighted by molar-refractivity contribution is 5.86. The molecule has 0 bridgehead atoms. The number of hydrogen-bond acceptors (Lipinski definition) is 4. The standard InChI is InChI=1S/C20H25N3O5/c24-18-17(21-19(25)28-14-15-7-2-1-3-8-15)10-4-5-12-23(18)16-9-6-11-22(13-16)20(26)27/h1-5,7-8,16-17H,6,9-14H2,(H,21,25)(H,26,27)/t16?,17-/m1/s1. The van der Waals surface area contributed by atoms with Crippen molar-refractivity contribution in [2.45, 2.75) is 38.0 Å². The van der Waals surface area contributed by atoms with Gasteiger partial charge >= 0.3 is 12.2 Å². The van der Waals surface area contributed by atoms with E-state index in [2.05, 4.69) is 5.32 Å². The van der Waals surface area contributed by atoms with Crippen LogP contribution in [0.25, 0.3) is 0 Å². The van der Waals surface area contributed by atoms with Crippen LogP contribution in [0.1, 0.15) is 24.8 Å². The lowest BCUT2D eigenvalue weighted by Crippen LogP contribution is -2.55. The molecule has 1 fully saturated rings. The summed E-state index contributed by atoms with van der Waals surface area (Å²) in [6.07, 6.45) is 3.96. The van der Waals surface area contributed by atoms with Gasteiger partial charge in [-0.2, -0.15) is 0 Å². The van der Waals surface area contributed by atoms with E-state index in [0.29, 0.717) is 32.5 Å². The highest BCUT2D eigenvalue weighted by atomic mass is 16.5. The highest BCUT2D eigenvalue weighted by Crippen LogP contribution is 2.19. The number of hydrogen-bond donors (Lipinski definition) is 2. The molecule has 0 spiro atoms. The van der Waals surface area contributed by atoms with Crippen LogP contribution in [0.4, 0.5) is 9.59 Å². The van der Waals surface area contributed by atoms with Gasteiger partial charge in [-0.05, 0) is 24.8 Å². The molecule has 1 saturated heterocycles. The number of nitrogens with one attached hydrogen (secondary N) is 1. The van der Waals surface area contributed by atoms with Crippen LogP contribution < -0.4 is 5.32 Å². The van der Waals surface area contributed by atoms with Crippen LogP contribution >= 0.6 is 0 Å². The van der Waals surface area contributed by atoms with Crippen molar-refractivity contribution in [1.82, 2.24) is 15.1 Å². The Kier molecular flexibility index (Phi) is 6.52. The van der Waals surface area contributed by atoms with E-state index in [1.807, 2.05) is 42.5 Å². The Morgan fingerprint density at radius 1 is 1.21 bits per heavy atom. The predicted octanol–water partition coefficient (Wildman–Crippen LogP) is 2.21. The van der Waals surface area contributed by atoms with Crippen LogP contribution in [0.3, 0.4) is 0 Å². The molecular weight excluding hydrogens is 362 g/mol. The van der Waals surface area contributed by atoms with Crippen LogP contribution in [0.5, 0.6) is 0 Å². The van der Waals surface area contributed by atoms with Gasteiger partial charge in [-0.1, -0.05) is 42.5 Å². The van der Waals surface area contributed by atoms with Crippen molar-refractivity contribution in [3.05, 3.63) is 48.0 Å². The Hall–Kier alpha value is -3.03. The monoisotopic (exact) mass is 387 g/mol. The van der Waals surface area contributed by atoms with Crippen LogP contribution in [-0.2, 0) is 16.1 Å². The zero-order valence-electron chi connectivity index (χ0n) is 15.6. The summed E-state index contributed by atoms with van der Waals surface area (Å²) in [7, 11) is 0. The van der Waals surface area contributed by atoms with Gasteiger partial charge in [-0.25, -0.2) is 9.59 Å². The first-order valence-electron chi connectivity index (χ1n) is 9.45. The second-order valence-corrected chi connectivity index (χ2v) is 6.98. The number of carboxylic acid groups (broad SMARTS) is 1. The molecule has 0 aromatic heterocycles. The average molecular weight is 387 g/mol. The quantitative estimate of drug-likeness (QED) is 0.772. The van der Waals surface area contributed by atoms with Crippen molar-refractivity contribution in [1.29, 1.82) is 0 Å². The SMILES string of the molecule is O=C(N[C@@H]1CC=CCN(C2CCCN(C(=O)O)C2)C1=O)OCc1ccccc1. The molecule has 8 heteroatoms. The minimum absolute atomic E-state index is 0.128. The molecule has 2 aliphatic rings. The molecule has 2 atom stereocenters. The first-order valence-corrected chi connectivity index (χ1v) is 9.45. The average Bonchev–Trinajstić information content (AvgIpc) is 2.89. The van der Waals surface area contributed by atoms with Crippen LogP contribution in [-0.4, -0.2) is 64.7 Å². The summed E-state index contributed by atoms with van der Waals surface area (Å²) in [4.78, 5) is 39.4. The summed E-state index contributed by atoms with van der Waals surface area (Å²) in [5, 5.41) is 11.9. The number of ether oxygens (including phenoxy) is 1. The molecule has 150 valence electrons. The normalized spacial score (nSPS) is 22.5. The van der Waals surface area contributed by atoms with E-state index in [0.717, 1.165) is 12.0 Å². The number of alkyl carbamates (subject to hydrolysis) is 1. The molecule has 1 unspecified atom stereocenters. The van der Waals surface area contributed by atoms with Crippen molar-refractivity contribution in [3.63, 3.8) is 0 Å². The maximum atomic E-state index is 13.0. The van der Waals surface area contributed by atoms with E-state index in [-0.39, 0.29) is 18.6 Å². The van der Waals surface area contributed by atoms with E-state index in [9.17, 15) is 19.5 Å². The minimum atomic E-state index is -0.971. The van der Waals surface area contributed by atoms with Crippen molar-refractivity contribution < 1.29 is 24.2 Å². The molecule has 8 nitrogen and oxygen atoms in total. The lowest BCUT2D eigenvalue weighted by Gasteiger charge is -2.38. The van der Waals surface area contributed by atoms with Gasteiger partial charge in [0.05, 0.1) is 0 Å². The fraction of sp³-hybridized carbons (Fsp3) is 0.450. The molecule has 0 aliphatic carbocycles. The van der Waals surface area contributed by atoms with Gasteiger partial charge in [-0.3, -0.25) is 4.79 Å². The van der Waals surface area contributed by atoms with E-state index >= 15 is 0 Å². The number of carbonyl (C=O) groups excluding carboxylic acids is 2. The van der Waals surface area contributed by atoms with Crippen molar-refractivity contribution >= 4 is 18.1 Å². The third-order valence-electron chi connectivity index (χ3n) is 5.03. The Balaban J connectivity index is 1.58. The highest BCUT2D eigenvalue weighted by Gasteiger charge is 2.34. The lowest BCUT2D eigenvalue weighted by atomic mass is 10.0. The molecule has 28 heavy (non-hydrogen) atoms. The van der Waals surface area contributed by atoms with E-state index in [1.54, 1.807) is 4.90 Å². The fourth-order valence-corrected chi connectivity index (χ4v) is 3.55. The summed E-state index contributed by atoms with van der Waals surface area (Å²) in [5.74, 6) is -0.209. The zero-order valence-corrected chi connectivity index (χ0v) is 15.6. The fourth-order valence-electron chi connectivity index (χ4n) is 3.55. The minimum Gasteiger partial charge on any atom is -0.465 e. The van der Waals surface area contributed by atoms with E-state index < -0.39 is 18.2 Å². The number of rotatable bonds is 4. The molecule has 3 amide bonds. The van der Waals surface area contributed by atoms with Gasteiger partial charge in [0.1, 0.15) is 12.6 Å². The third-order valence-corrected chi connectivity index (χ3v) is 5.03. The van der Waals surface area contributed by atoms with Gasteiger partial charge in [0.2, 0.25) is 5.91 Å². The van der Waals surface area contributed by atoms with Crippen molar-refractivity contribution in [2.75, 3.05) is 19.6 Å². The Morgan fingerprint density at radius 3 is 2.75 bits per heavy atom. The molecule has 2 heterocycles. The largest absolute Gasteiger partial charge is 0.465 e. The lowest BCUT2D eigenvalue weighted by molar-refractivity contribution is -0.135. The second-order valence-electron chi connectivity index (χ2n) is 6.98. The van der Waals surface area contributed by atoms with Gasteiger partial charge in [0, 0.05) is 25.7 Å². The van der Waals surface area contributed by atoms with Crippen LogP contribution in [0, 0.1) is 0 Å². The number of amides is 3. The van der Waals surface area contributed by atoms with Gasteiger partial charge in [0.15, 0.2) is 0 Å². The molecule has 0 saturated carbocycles. The van der Waals surface area contributed by atoms with Crippen LogP contribution in [0.15, 0.2) is 42.5 Å². The smallest absolute Gasteiger partial charge is 0.408 e. The first kappa shape index (κ1) is 19.7. The van der Waals surface area contributed by atoms with Crippen molar-refractivity contribution in [2.24, 2.45) is 0 Å². The van der Waals surface area contributed by atoms with E-state index in [1.165, 1.54) is 4.90 Å². The molecule has 2 aliphatic heterocycles. The molecule has 1 aromatic rings. The Morgan fingerprint density at radius 2 is 2.00 bits per heavy atom. The first-order chi connectivity index (χ1) is 13.5. The number of benzene rings is 1. The summed E-state index contributed by atoms with van der Waals surface area (Å²) in [5.41, 5.74) is 0.863. The maximum absolute atomic E-state index is 13.0. The number of carbonyl (C=O) groups is 3. The summed E-state index contributed by atoms with van der Waals surface area (Å²) >= 11 is 0. The molecule has 0 radical (unpaired) electrons. The maximum Gasteiger partial charge on any atom is 0.408 e. The third kappa shape index (κ3) is 5.03. The number of nitrogens with zero attached hydrogens (tertiary/aromatic N) is 2. The van der Waals surface area contributed by atoms with Crippen molar-refractivity contribution in [3.8, 4) is 0 Å². The molecule has 3 rings (SSSR count). The molecular formula is C20H25N3O5. The Bertz CT molecular complexity index is 737. The number of piperidine rings is 1. The summed E-state index contributed by atoms with van der Waals surface area (Å²) in [6, 6.07) is 8.40. The summed E-state index contributed by atoms with van der Waals surface area (Å²) < 4.78 is 5.22. The van der Waals surface area contributed by atoms with Gasteiger partial charge in [0.25, 0.3) is 0 Å². The van der Waals surface area contributed by atoms with Gasteiger partial charge < -0.3 is 25.0 Å². The van der Waals surface area contributed by atoms with E-state index in [4.69, 9.17) is 4.74 Å². The predicted molar refractivity (Wildman–Crippen MR) is 102 cm³/mol.